The van der Waals surface area contributed by atoms with Crippen molar-refractivity contribution in [2.24, 2.45) is 0 Å². The average Bonchev–Trinajstić information content (AvgIpc) is 3.58. The number of benzene rings is 1. The number of rotatable bonds is 6. The Labute approximate surface area is 192 Å². The van der Waals surface area contributed by atoms with Crippen LogP contribution in [0.5, 0.6) is 0 Å². The first-order valence-electron chi connectivity index (χ1n) is 11.2. The lowest BCUT2D eigenvalue weighted by Gasteiger charge is -2.34. The van der Waals surface area contributed by atoms with Gasteiger partial charge >= 0.3 is 0 Å². The van der Waals surface area contributed by atoms with Crippen LogP contribution in [0.3, 0.4) is 0 Å². The first-order valence-corrected chi connectivity index (χ1v) is 11.2. The Bertz CT molecular complexity index is 1220. The summed E-state index contributed by atoms with van der Waals surface area (Å²) < 4.78 is 0. The maximum atomic E-state index is 12.3. The number of hydrogen-bond donors (Lipinski definition) is 3. The molecule has 0 unspecified atom stereocenters. The van der Waals surface area contributed by atoms with Crippen LogP contribution in [-0.4, -0.2) is 59.0 Å². The van der Waals surface area contributed by atoms with Crippen LogP contribution in [-0.2, 0) is 4.79 Å². The fourth-order valence-electron chi connectivity index (χ4n) is 4.48. The summed E-state index contributed by atoms with van der Waals surface area (Å²) in [6, 6.07) is 9.56. The number of pyridine rings is 1. The second-order valence-electron chi connectivity index (χ2n) is 8.91. The second kappa shape index (κ2) is 8.31. The lowest BCUT2D eigenvalue weighted by atomic mass is 9.96. The maximum Gasteiger partial charge on any atom is 0.251 e. The lowest BCUT2D eigenvalue weighted by Crippen LogP contribution is -2.56. The molecule has 1 aromatic carbocycles. The number of para-hydroxylation sites is 1. The molecular formula is C24H27N7O2. The van der Waals surface area contributed by atoms with Crippen LogP contribution >= 0.6 is 0 Å². The number of nitrogens with one attached hydrogen (secondary N) is 3. The van der Waals surface area contributed by atoms with E-state index in [1.54, 1.807) is 19.3 Å². The summed E-state index contributed by atoms with van der Waals surface area (Å²) in [6.07, 6.45) is 5.24. The van der Waals surface area contributed by atoms with Crippen molar-refractivity contribution in [3.05, 3.63) is 54.0 Å². The third-order valence-electron chi connectivity index (χ3n) is 6.46. The van der Waals surface area contributed by atoms with Gasteiger partial charge in [-0.2, -0.15) is 0 Å². The highest BCUT2D eigenvalue weighted by atomic mass is 16.2. The van der Waals surface area contributed by atoms with Crippen molar-refractivity contribution < 1.29 is 9.59 Å². The molecule has 1 aliphatic carbocycles. The highest BCUT2D eigenvalue weighted by molar-refractivity contribution is 6.06. The van der Waals surface area contributed by atoms with E-state index in [9.17, 15) is 9.59 Å². The molecule has 3 aromatic rings. The van der Waals surface area contributed by atoms with Crippen molar-refractivity contribution in [2.45, 2.75) is 31.2 Å². The van der Waals surface area contributed by atoms with E-state index in [-0.39, 0.29) is 23.3 Å². The molecule has 170 valence electrons. The van der Waals surface area contributed by atoms with Crippen LogP contribution in [0.25, 0.3) is 10.9 Å². The molecule has 2 fully saturated rings. The minimum atomic E-state index is -0.127. The van der Waals surface area contributed by atoms with Crippen LogP contribution in [0.1, 0.15) is 41.6 Å². The predicted molar refractivity (Wildman–Crippen MR) is 126 cm³/mol. The van der Waals surface area contributed by atoms with Gasteiger partial charge in [0, 0.05) is 43.7 Å². The number of aromatic nitrogens is 3. The molecule has 9 heteroatoms. The smallest absolute Gasteiger partial charge is 0.251 e. The number of fused-ring (bicyclic) bond motifs is 1. The molecule has 2 aromatic heterocycles. The van der Waals surface area contributed by atoms with Crippen molar-refractivity contribution in [3.8, 4) is 0 Å². The van der Waals surface area contributed by atoms with Gasteiger partial charge in [0.05, 0.1) is 23.2 Å². The summed E-state index contributed by atoms with van der Waals surface area (Å²) in [5, 5.41) is 10.0. The topological polar surface area (TPSA) is 112 Å². The zero-order valence-corrected chi connectivity index (χ0v) is 18.8. The first kappa shape index (κ1) is 21.1. The molecule has 9 nitrogen and oxygen atoms in total. The number of carbonyl (C=O) groups excluding carboxylic acids is 2. The third-order valence-corrected chi connectivity index (χ3v) is 6.46. The zero-order valence-electron chi connectivity index (χ0n) is 18.8. The first-order chi connectivity index (χ1) is 16.0. The molecule has 0 radical (unpaired) electrons. The van der Waals surface area contributed by atoms with E-state index in [1.165, 1.54) is 6.33 Å². The van der Waals surface area contributed by atoms with Gasteiger partial charge in [-0.15, -0.1) is 0 Å². The highest BCUT2D eigenvalue weighted by Crippen LogP contribution is 2.38. The van der Waals surface area contributed by atoms with Gasteiger partial charge in [-0.1, -0.05) is 25.1 Å². The quantitative estimate of drug-likeness (QED) is 0.532. The fraction of sp³-hybridized carbons (Fsp3) is 0.375. The van der Waals surface area contributed by atoms with E-state index in [0.717, 1.165) is 41.7 Å². The Morgan fingerprint density at radius 2 is 2.09 bits per heavy atom. The third kappa shape index (κ3) is 4.18. The fourth-order valence-corrected chi connectivity index (χ4v) is 4.48. The molecule has 1 saturated heterocycles. The normalized spacial score (nSPS) is 17.5. The monoisotopic (exact) mass is 445 g/mol. The Morgan fingerprint density at radius 1 is 1.24 bits per heavy atom. The van der Waals surface area contributed by atoms with Crippen molar-refractivity contribution in [2.75, 3.05) is 36.9 Å². The van der Waals surface area contributed by atoms with Crippen LogP contribution in [0, 0.1) is 0 Å². The van der Waals surface area contributed by atoms with Gasteiger partial charge in [0.25, 0.3) is 5.91 Å². The Morgan fingerprint density at radius 3 is 2.88 bits per heavy atom. The highest BCUT2D eigenvalue weighted by Gasteiger charge is 2.48. The van der Waals surface area contributed by atoms with Crippen molar-refractivity contribution in [1.82, 2.24) is 25.6 Å². The summed E-state index contributed by atoms with van der Waals surface area (Å²) in [4.78, 5) is 39.7. The number of carbonyl (C=O) groups is 2. The van der Waals surface area contributed by atoms with E-state index in [0.29, 0.717) is 24.5 Å². The molecule has 1 spiro atoms. The van der Waals surface area contributed by atoms with Gasteiger partial charge in [0.2, 0.25) is 5.91 Å². The van der Waals surface area contributed by atoms with Crippen molar-refractivity contribution in [1.29, 1.82) is 0 Å². The molecule has 1 aliphatic heterocycles. The second-order valence-corrected chi connectivity index (χ2v) is 8.91. The molecule has 3 heterocycles. The summed E-state index contributed by atoms with van der Waals surface area (Å²) in [5.41, 5.74) is 2.43. The lowest BCUT2D eigenvalue weighted by molar-refractivity contribution is -0.121. The van der Waals surface area contributed by atoms with E-state index >= 15 is 0 Å². The van der Waals surface area contributed by atoms with Crippen LogP contribution < -0.4 is 20.9 Å². The molecule has 0 bridgehead atoms. The number of amides is 2. The predicted octanol–water partition coefficient (Wildman–Crippen LogP) is 2.07. The van der Waals surface area contributed by atoms with Gasteiger partial charge in [0.1, 0.15) is 18.0 Å². The van der Waals surface area contributed by atoms with Crippen LogP contribution in [0.4, 0.5) is 11.6 Å². The van der Waals surface area contributed by atoms with Gasteiger partial charge < -0.3 is 20.9 Å². The Kier molecular flexibility index (Phi) is 5.32. The van der Waals surface area contributed by atoms with Crippen LogP contribution in [0.2, 0.25) is 0 Å². The minimum absolute atomic E-state index is 0.0417. The summed E-state index contributed by atoms with van der Waals surface area (Å²) in [5.74, 6) is 1.50. The minimum Gasteiger partial charge on any atom is -0.369 e. The van der Waals surface area contributed by atoms with Crippen molar-refractivity contribution in [3.63, 3.8) is 0 Å². The summed E-state index contributed by atoms with van der Waals surface area (Å²) >= 11 is 0. The van der Waals surface area contributed by atoms with Gasteiger partial charge in [0.15, 0.2) is 0 Å². The van der Waals surface area contributed by atoms with E-state index in [1.807, 2.05) is 29.2 Å². The van der Waals surface area contributed by atoms with E-state index in [2.05, 4.69) is 37.8 Å². The van der Waals surface area contributed by atoms with Gasteiger partial charge in [-0.3, -0.25) is 14.6 Å². The number of anilines is 2. The largest absolute Gasteiger partial charge is 0.369 e. The summed E-state index contributed by atoms with van der Waals surface area (Å²) in [7, 11) is 1.63. The Balaban J connectivity index is 1.32. The summed E-state index contributed by atoms with van der Waals surface area (Å²) in [6.45, 7) is 3.83. The van der Waals surface area contributed by atoms with Crippen LogP contribution in [0.15, 0.2) is 42.9 Å². The molecule has 2 aliphatic rings. The van der Waals surface area contributed by atoms with E-state index < -0.39 is 0 Å². The van der Waals surface area contributed by atoms with Gasteiger partial charge in [-0.05, 0) is 24.5 Å². The Hall–Kier alpha value is -3.75. The maximum absolute atomic E-state index is 12.3. The zero-order chi connectivity index (χ0) is 23.0. The molecule has 33 heavy (non-hydrogen) atoms. The molecule has 1 saturated carbocycles. The van der Waals surface area contributed by atoms with Crippen molar-refractivity contribution >= 4 is 34.4 Å². The molecule has 3 N–H and O–H groups in total. The number of hydrogen-bond acceptors (Lipinski definition) is 7. The molecular weight excluding hydrogens is 418 g/mol. The van der Waals surface area contributed by atoms with E-state index in [4.69, 9.17) is 0 Å². The molecule has 5 rings (SSSR count). The molecule has 1 atom stereocenters. The van der Waals surface area contributed by atoms with Gasteiger partial charge in [-0.25, -0.2) is 9.97 Å². The average molecular weight is 446 g/mol. The standard InChI is InChI=1S/C24H27N7O2/c1-15(16-4-3-5-17-18(23(33)25-2)6-9-26-22(16)17)11-27-19-10-20(29-14-28-19)31-12-21(32)30-24(13-31)7-8-24/h3-6,9-10,14-15H,7-8,11-13H2,1-2H3,(H,25,33)(H,30,32)(H,27,28,29)/t15-/m1/s1. The number of piperazine rings is 1. The molecule has 2 amide bonds. The number of nitrogens with zero attached hydrogens (tertiary/aromatic N) is 4. The SMILES string of the molecule is CNC(=O)c1ccnc2c([C@H](C)CNc3cc(N4CC(=O)NC5(CC5)C4)ncn3)cccc12.